The average Bonchev–Trinajstić information content (AvgIpc) is 3.45. The van der Waals surface area contributed by atoms with Crippen LogP contribution in [-0.2, 0) is 0 Å². The fourth-order valence-electron chi connectivity index (χ4n) is 6.14. The van der Waals surface area contributed by atoms with Gasteiger partial charge in [0.05, 0.1) is 38.1 Å². The van der Waals surface area contributed by atoms with Gasteiger partial charge in [-0.25, -0.2) is 9.97 Å². The molecule has 1 aliphatic heterocycles. The predicted molar refractivity (Wildman–Crippen MR) is 165 cm³/mol. The van der Waals surface area contributed by atoms with Crippen LogP contribution in [0.4, 0.5) is 20.3 Å². The molecule has 0 aliphatic carbocycles. The number of carbonyl (C=O) groups is 1. The fourth-order valence-corrected chi connectivity index (χ4v) is 6.14. The van der Waals surface area contributed by atoms with Crippen molar-refractivity contribution in [2.24, 2.45) is 5.92 Å². The maximum absolute atomic E-state index is 13.3. The summed E-state index contributed by atoms with van der Waals surface area (Å²) in [5, 5.41) is 3.34. The molecular weight excluding hydrogens is 550 g/mol. The van der Waals surface area contributed by atoms with Gasteiger partial charge in [0.25, 0.3) is 5.91 Å². The standard InChI is InChI=1S/C33H40F2N6O2/c1-5-41(6-2)19-14-24(15-20-41)13-17-39(4)32(42)28-12-9-26(21-23(28)3)38-30-31-37-22-29(40(31)18-16-36-30)25-7-10-27(11-8-25)43-33(34)35/h7-12,16,18,21-22,24,33H,5-6,13-15,17,19-20H2,1-4H3/p+1. The highest BCUT2D eigenvalue weighted by Gasteiger charge is 2.31. The van der Waals surface area contributed by atoms with Gasteiger partial charge in [0, 0.05) is 42.8 Å². The summed E-state index contributed by atoms with van der Waals surface area (Å²) < 4.78 is 32.6. The molecule has 228 valence electrons. The summed E-state index contributed by atoms with van der Waals surface area (Å²) in [6.45, 7) is 9.34. The maximum Gasteiger partial charge on any atom is 0.387 e. The van der Waals surface area contributed by atoms with Crippen LogP contribution in [0.15, 0.2) is 61.1 Å². The van der Waals surface area contributed by atoms with Crippen molar-refractivity contribution in [2.75, 3.05) is 45.1 Å². The van der Waals surface area contributed by atoms with Crippen molar-refractivity contribution in [3.8, 4) is 17.0 Å². The Morgan fingerprint density at radius 3 is 2.49 bits per heavy atom. The van der Waals surface area contributed by atoms with Crippen molar-refractivity contribution < 1.29 is 22.8 Å². The number of hydrogen-bond acceptors (Lipinski definition) is 5. The minimum Gasteiger partial charge on any atom is -0.435 e. The molecule has 1 amide bonds. The normalized spacial score (nSPS) is 15.1. The monoisotopic (exact) mass is 591 g/mol. The van der Waals surface area contributed by atoms with Crippen molar-refractivity contribution in [1.82, 2.24) is 19.3 Å². The van der Waals surface area contributed by atoms with Gasteiger partial charge in [-0.2, -0.15) is 8.78 Å². The van der Waals surface area contributed by atoms with Gasteiger partial charge < -0.3 is 19.4 Å². The molecule has 43 heavy (non-hydrogen) atoms. The van der Waals surface area contributed by atoms with Crippen LogP contribution in [0.3, 0.4) is 0 Å². The number of rotatable bonds is 11. The highest BCUT2D eigenvalue weighted by Crippen LogP contribution is 2.29. The first-order valence-corrected chi connectivity index (χ1v) is 15.1. The number of halogens is 2. The van der Waals surface area contributed by atoms with Gasteiger partial charge in [0.1, 0.15) is 5.75 Å². The van der Waals surface area contributed by atoms with Gasteiger partial charge >= 0.3 is 6.61 Å². The minimum absolute atomic E-state index is 0.0372. The van der Waals surface area contributed by atoms with E-state index in [-0.39, 0.29) is 11.7 Å². The maximum atomic E-state index is 13.3. The Balaban J connectivity index is 1.23. The van der Waals surface area contributed by atoms with E-state index in [1.54, 1.807) is 30.7 Å². The number of benzene rings is 2. The topological polar surface area (TPSA) is 71.8 Å². The van der Waals surface area contributed by atoms with Crippen molar-refractivity contribution in [3.63, 3.8) is 0 Å². The molecule has 2 aromatic carbocycles. The van der Waals surface area contributed by atoms with E-state index in [0.717, 1.165) is 35.5 Å². The van der Waals surface area contributed by atoms with Gasteiger partial charge in [0.2, 0.25) is 0 Å². The van der Waals surface area contributed by atoms with Crippen LogP contribution in [0, 0.1) is 12.8 Å². The molecule has 0 atom stereocenters. The molecule has 1 aliphatic rings. The number of anilines is 2. The van der Waals surface area contributed by atoms with Crippen LogP contribution in [0.5, 0.6) is 5.75 Å². The molecule has 5 rings (SSSR count). The Morgan fingerprint density at radius 2 is 1.84 bits per heavy atom. The number of hydrogen-bond donors (Lipinski definition) is 1. The Hall–Kier alpha value is -4.05. The summed E-state index contributed by atoms with van der Waals surface area (Å²) in [6.07, 6.45) is 8.71. The second-order valence-corrected chi connectivity index (χ2v) is 11.6. The largest absolute Gasteiger partial charge is 0.435 e. The molecule has 8 nitrogen and oxygen atoms in total. The number of imidazole rings is 1. The number of aromatic nitrogens is 3. The highest BCUT2D eigenvalue weighted by molar-refractivity contribution is 5.96. The molecule has 10 heteroatoms. The number of nitrogens with one attached hydrogen (secondary N) is 1. The van der Waals surface area contributed by atoms with Crippen LogP contribution >= 0.6 is 0 Å². The Labute approximate surface area is 251 Å². The van der Waals surface area contributed by atoms with Crippen LogP contribution in [0.25, 0.3) is 16.9 Å². The molecule has 0 radical (unpaired) electrons. The number of nitrogens with zero attached hydrogens (tertiary/aromatic N) is 5. The third-order valence-corrected chi connectivity index (χ3v) is 9.11. The highest BCUT2D eigenvalue weighted by atomic mass is 19.3. The van der Waals surface area contributed by atoms with E-state index in [1.807, 2.05) is 41.5 Å². The van der Waals surface area contributed by atoms with E-state index < -0.39 is 6.61 Å². The molecule has 1 fully saturated rings. The van der Waals surface area contributed by atoms with E-state index in [9.17, 15) is 13.6 Å². The molecule has 2 aromatic heterocycles. The van der Waals surface area contributed by atoms with Gasteiger partial charge in [-0.3, -0.25) is 9.20 Å². The second kappa shape index (κ2) is 13.1. The number of quaternary nitrogens is 1. The lowest BCUT2D eigenvalue weighted by molar-refractivity contribution is -0.930. The lowest BCUT2D eigenvalue weighted by Crippen LogP contribution is -2.52. The molecule has 1 N–H and O–H groups in total. The fraction of sp³-hybridized carbons (Fsp3) is 0.424. The van der Waals surface area contributed by atoms with Gasteiger partial charge in [-0.1, -0.05) is 0 Å². The second-order valence-electron chi connectivity index (χ2n) is 11.6. The lowest BCUT2D eigenvalue weighted by Gasteiger charge is -2.42. The first kappa shape index (κ1) is 30.4. The van der Waals surface area contributed by atoms with Crippen LogP contribution in [0.1, 0.15) is 49.0 Å². The molecule has 1 saturated heterocycles. The van der Waals surface area contributed by atoms with Crippen LogP contribution in [-0.4, -0.2) is 76.0 Å². The number of amides is 1. The SMILES string of the molecule is CC[N+]1(CC)CCC(CCN(C)C(=O)c2ccc(Nc3nccn4c(-c5ccc(OC(F)F)cc5)cnc34)cc2C)CC1. The zero-order valence-electron chi connectivity index (χ0n) is 25.4. The number of alkyl halides is 2. The van der Waals surface area contributed by atoms with E-state index >= 15 is 0 Å². The summed E-state index contributed by atoms with van der Waals surface area (Å²) in [5.41, 5.74) is 4.57. The van der Waals surface area contributed by atoms with Crippen molar-refractivity contribution in [2.45, 2.75) is 46.6 Å². The molecule has 0 spiro atoms. The summed E-state index contributed by atoms with van der Waals surface area (Å²) in [4.78, 5) is 24.2. The third kappa shape index (κ3) is 6.80. The number of carbonyl (C=O) groups excluding carboxylic acids is 1. The van der Waals surface area contributed by atoms with Crippen molar-refractivity contribution >= 4 is 23.1 Å². The van der Waals surface area contributed by atoms with Crippen molar-refractivity contribution in [1.29, 1.82) is 0 Å². The molecular formula is C33H41F2N6O2+. The van der Waals surface area contributed by atoms with E-state index in [1.165, 1.54) is 55.6 Å². The first-order valence-electron chi connectivity index (χ1n) is 15.1. The number of fused-ring (bicyclic) bond motifs is 1. The van der Waals surface area contributed by atoms with E-state index in [0.29, 0.717) is 22.9 Å². The van der Waals surface area contributed by atoms with Crippen LogP contribution in [0.2, 0.25) is 0 Å². The summed E-state index contributed by atoms with van der Waals surface area (Å²) in [5.74, 6) is 1.38. The summed E-state index contributed by atoms with van der Waals surface area (Å²) >= 11 is 0. The summed E-state index contributed by atoms with van der Waals surface area (Å²) in [6, 6.07) is 12.1. The Kier molecular flexibility index (Phi) is 9.25. The van der Waals surface area contributed by atoms with Gasteiger partial charge in [0.15, 0.2) is 11.5 Å². The van der Waals surface area contributed by atoms with Crippen molar-refractivity contribution in [3.05, 3.63) is 72.2 Å². The Bertz CT molecular complexity index is 1540. The van der Waals surface area contributed by atoms with E-state index in [2.05, 4.69) is 33.9 Å². The number of piperidine rings is 1. The number of aryl methyl sites for hydroxylation is 1. The number of ether oxygens (including phenoxy) is 1. The van der Waals surface area contributed by atoms with Gasteiger partial charge in [-0.05, 0) is 94.0 Å². The predicted octanol–water partition coefficient (Wildman–Crippen LogP) is 6.78. The average molecular weight is 592 g/mol. The molecule has 3 heterocycles. The molecule has 4 aromatic rings. The Morgan fingerprint density at radius 1 is 1.12 bits per heavy atom. The molecule has 0 saturated carbocycles. The number of likely N-dealkylation sites (tertiary alicyclic amines) is 1. The zero-order chi connectivity index (χ0) is 30.6. The smallest absolute Gasteiger partial charge is 0.387 e. The molecule has 0 unspecified atom stereocenters. The molecule has 0 bridgehead atoms. The first-order chi connectivity index (χ1) is 20.7. The summed E-state index contributed by atoms with van der Waals surface area (Å²) in [7, 11) is 1.90. The lowest BCUT2D eigenvalue weighted by atomic mass is 9.91. The zero-order valence-corrected chi connectivity index (χ0v) is 25.4. The van der Waals surface area contributed by atoms with E-state index in [4.69, 9.17) is 0 Å². The quantitative estimate of drug-likeness (QED) is 0.195. The minimum atomic E-state index is -2.87. The third-order valence-electron chi connectivity index (χ3n) is 9.11. The van der Waals surface area contributed by atoms with Gasteiger partial charge in [-0.15, -0.1) is 0 Å². The van der Waals surface area contributed by atoms with Crippen LogP contribution < -0.4 is 10.1 Å².